The van der Waals surface area contributed by atoms with E-state index in [2.05, 4.69) is 40.6 Å². The number of carboxylic acid groups (broad SMARTS) is 1. The van der Waals surface area contributed by atoms with E-state index in [1.54, 1.807) is 24.2 Å². The molecule has 2 heterocycles. The molecule has 2 unspecified atom stereocenters. The van der Waals surface area contributed by atoms with Crippen molar-refractivity contribution in [2.75, 3.05) is 10.3 Å². The van der Waals surface area contributed by atoms with Crippen LogP contribution in [0.5, 0.6) is 0 Å². The summed E-state index contributed by atoms with van der Waals surface area (Å²) in [7, 11) is 0. The van der Waals surface area contributed by atoms with Crippen LogP contribution < -0.4 is 10.3 Å². The van der Waals surface area contributed by atoms with Gasteiger partial charge in [-0.3, -0.25) is 4.79 Å². The second-order valence-corrected chi connectivity index (χ2v) is 10.7. The summed E-state index contributed by atoms with van der Waals surface area (Å²) in [5, 5.41) is 19.0. The molecule has 0 bridgehead atoms. The molecule has 1 amide bonds. The molecule has 2 N–H and O–H groups in total. The van der Waals surface area contributed by atoms with Gasteiger partial charge in [0.25, 0.3) is 0 Å². The van der Waals surface area contributed by atoms with Crippen molar-refractivity contribution in [2.45, 2.75) is 24.7 Å². The molecule has 4 aromatic carbocycles. The van der Waals surface area contributed by atoms with Gasteiger partial charge < -0.3 is 10.4 Å². The summed E-state index contributed by atoms with van der Waals surface area (Å²) in [5.41, 5.74) is 7.73. The maximum atomic E-state index is 13.2. The molecule has 39 heavy (non-hydrogen) atoms. The van der Waals surface area contributed by atoms with Crippen LogP contribution in [0.4, 0.5) is 11.4 Å². The third kappa shape index (κ3) is 3.61. The number of nitrogens with zero attached hydrogens (tertiary/aromatic N) is 2. The zero-order chi connectivity index (χ0) is 26.9. The number of benzene rings is 4. The van der Waals surface area contributed by atoms with Crippen molar-refractivity contribution in [2.24, 2.45) is 5.10 Å². The molecule has 0 radical (unpaired) electrons. The average Bonchev–Trinajstić information content (AvgIpc) is 3.59. The molecular weight excluding hydrogens is 510 g/mol. The first kappa shape index (κ1) is 23.5. The molecule has 1 spiro atoms. The Balaban J connectivity index is 1.20. The molecule has 2 atom stereocenters. The van der Waals surface area contributed by atoms with Crippen molar-refractivity contribution in [1.82, 2.24) is 0 Å². The molecule has 2 aliphatic heterocycles. The maximum absolute atomic E-state index is 13.2. The van der Waals surface area contributed by atoms with E-state index in [-0.39, 0.29) is 17.4 Å². The highest BCUT2D eigenvalue weighted by atomic mass is 35.5. The zero-order valence-electron chi connectivity index (χ0n) is 20.9. The van der Waals surface area contributed by atoms with Crippen LogP contribution in [0.3, 0.4) is 0 Å². The molecule has 0 aromatic heterocycles. The van der Waals surface area contributed by atoms with Crippen molar-refractivity contribution in [3.63, 3.8) is 0 Å². The topological polar surface area (TPSA) is 82.0 Å². The predicted octanol–water partition coefficient (Wildman–Crippen LogP) is 6.98. The van der Waals surface area contributed by atoms with E-state index in [0.29, 0.717) is 17.0 Å². The first-order valence-electron chi connectivity index (χ1n) is 12.6. The molecule has 7 heteroatoms. The normalized spacial score (nSPS) is 20.1. The zero-order valence-corrected chi connectivity index (χ0v) is 21.7. The van der Waals surface area contributed by atoms with Crippen LogP contribution in [0.15, 0.2) is 90.2 Å². The van der Waals surface area contributed by atoms with Gasteiger partial charge in [-0.1, -0.05) is 60.1 Å². The van der Waals surface area contributed by atoms with Gasteiger partial charge in [0.15, 0.2) is 0 Å². The number of carbonyl (C=O) groups excluding carboxylic acids is 1. The Bertz CT molecular complexity index is 1760. The van der Waals surface area contributed by atoms with Crippen molar-refractivity contribution in [3.8, 4) is 22.3 Å². The molecule has 6 nitrogen and oxygen atoms in total. The number of aryl methyl sites for hydroxylation is 1. The number of nitrogens with one attached hydrogen (secondary N) is 1. The lowest BCUT2D eigenvalue weighted by atomic mass is 9.89. The number of amides is 1. The minimum Gasteiger partial charge on any atom is -0.478 e. The van der Waals surface area contributed by atoms with E-state index >= 15 is 0 Å². The Morgan fingerprint density at radius 1 is 1.03 bits per heavy atom. The van der Waals surface area contributed by atoms with Gasteiger partial charge in [-0.15, -0.1) is 5.10 Å². The second-order valence-electron chi connectivity index (χ2n) is 10.3. The first-order valence-corrected chi connectivity index (χ1v) is 13.0. The number of carbonyl (C=O) groups is 2. The van der Waals surface area contributed by atoms with Crippen LogP contribution in [0, 0.1) is 6.92 Å². The van der Waals surface area contributed by atoms with Gasteiger partial charge in [-0.05, 0) is 77.1 Å². The quantitative estimate of drug-likeness (QED) is 0.291. The number of rotatable bonds is 5. The SMILES string of the molecule is Cc1ccc(C2CC23C(=O)Nc2cc(Cl)c(-c4ccc(-c5ccc(N6C=C=N6)cc5)cc4)cc23)cc1C(=O)O. The lowest BCUT2D eigenvalue weighted by molar-refractivity contribution is -0.118. The summed E-state index contributed by atoms with van der Waals surface area (Å²) in [4.78, 5) is 24.9. The summed E-state index contributed by atoms with van der Waals surface area (Å²) < 4.78 is 0. The Labute approximate surface area is 229 Å². The Morgan fingerprint density at radius 2 is 1.69 bits per heavy atom. The van der Waals surface area contributed by atoms with Crippen LogP contribution in [-0.2, 0) is 10.2 Å². The number of hydrogen-bond donors (Lipinski definition) is 2. The molecule has 1 aliphatic carbocycles. The fourth-order valence-corrected chi connectivity index (χ4v) is 6.09. The number of anilines is 2. The van der Waals surface area contributed by atoms with E-state index in [1.165, 1.54) is 0 Å². The van der Waals surface area contributed by atoms with Gasteiger partial charge in [0.05, 0.1) is 27.9 Å². The van der Waals surface area contributed by atoms with Crippen molar-refractivity contribution < 1.29 is 14.7 Å². The Morgan fingerprint density at radius 3 is 2.33 bits per heavy atom. The van der Waals surface area contributed by atoms with E-state index in [0.717, 1.165) is 44.8 Å². The molecule has 4 aromatic rings. The summed E-state index contributed by atoms with van der Waals surface area (Å²) in [6, 6.07) is 25.7. The summed E-state index contributed by atoms with van der Waals surface area (Å²) >= 11 is 6.72. The lowest BCUT2D eigenvalue weighted by Gasteiger charge is -2.16. The number of aromatic carboxylic acids is 1. The van der Waals surface area contributed by atoms with E-state index in [4.69, 9.17) is 11.6 Å². The molecule has 1 saturated carbocycles. The van der Waals surface area contributed by atoms with Gasteiger partial charge in [0, 0.05) is 23.0 Å². The van der Waals surface area contributed by atoms with Crippen LogP contribution in [0.1, 0.15) is 39.4 Å². The van der Waals surface area contributed by atoms with Gasteiger partial charge in [-0.25, -0.2) is 9.80 Å². The van der Waals surface area contributed by atoms with Crippen LogP contribution in [0.2, 0.25) is 5.02 Å². The minimum absolute atomic E-state index is 0.0635. The number of hydrazone groups is 1. The van der Waals surface area contributed by atoms with Gasteiger partial charge in [0.2, 0.25) is 5.91 Å². The molecule has 3 aliphatic rings. The smallest absolute Gasteiger partial charge is 0.335 e. The summed E-state index contributed by atoms with van der Waals surface area (Å²) in [5.74, 6) is 1.64. The standard InChI is InChI=1S/C32H22ClN3O3/c1-18-2-3-22(14-24(18)30(37)38)27-17-32(27)26-15-25(28(33)16-29(26)35-31(32)39)21-6-4-19(5-7-21)20-8-10-23(11-9-20)36-13-12-34-36/h2-11,13-16,27H,17H2,1H3,(H,35,39)(H,37,38). The second kappa shape index (κ2) is 8.43. The minimum atomic E-state index is -0.962. The van der Waals surface area contributed by atoms with Crippen LogP contribution >= 0.6 is 11.6 Å². The molecule has 190 valence electrons. The third-order valence-electron chi connectivity index (χ3n) is 8.10. The van der Waals surface area contributed by atoms with E-state index < -0.39 is 11.4 Å². The highest BCUT2D eigenvalue weighted by Gasteiger charge is 2.65. The third-order valence-corrected chi connectivity index (χ3v) is 8.42. The number of hydrogen-bond acceptors (Lipinski definition) is 4. The summed E-state index contributed by atoms with van der Waals surface area (Å²) in [6.07, 6.45) is 2.41. The highest BCUT2D eigenvalue weighted by Crippen LogP contribution is 2.65. The summed E-state index contributed by atoms with van der Waals surface area (Å²) in [6.45, 7) is 1.78. The van der Waals surface area contributed by atoms with Crippen LogP contribution in [0.25, 0.3) is 22.3 Å². The fourth-order valence-electron chi connectivity index (χ4n) is 5.82. The van der Waals surface area contributed by atoms with E-state index in [1.807, 2.05) is 48.5 Å². The number of carboxylic acids is 1. The van der Waals surface area contributed by atoms with Crippen molar-refractivity contribution in [1.29, 1.82) is 0 Å². The van der Waals surface area contributed by atoms with Gasteiger partial charge in [0.1, 0.15) is 0 Å². The van der Waals surface area contributed by atoms with Gasteiger partial charge >= 0.3 is 5.97 Å². The first-order chi connectivity index (χ1) is 18.8. The van der Waals surface area contributed by atoms with Crippen molar-refractivity contribution in [3.05, 3.63) is 112 Å². The lowest BCUT2D eigenvalue weighted by Crippen LogP contribution is -2.21. The van der Waals surface area contributed by atoms with Crippen LogP contribution in [-0.4, -0.2) is 22.9 Å². The maximum Gasteiger partial charge on any atom is 0.335 e. The molecule has 7 rings (SSSR count). The number of fused-ring (bicyclic) bond motifs is 2. The molecular formula is C32H22ClN3O3. The highest BCUT2D eigenvalue weighted by molar-refractivity contribution is 6.34. The molecule has 0 saturated heterocycles. The Kier molecular flexibility index (Phi) is 5.08. The molecule has 1 fully saturated rings. The fraction of sp³-hybridized carbons (Fsp3) is 0.125. The van der Waals surface area contributed by atoms with Crippen molar-refractivity contribution >= 4 is 40.7 Å². The Hall–Kier alpha value is -4.64. The monoisotopic (exact) mass is 531 g/mol. The number of halogens is 1. The van der Waals surface area contributed by atoms with Gasteiger partial charge in [-0.2, -0.15) is 0 Å². The predicted molar refractivity (Wildman–Crippen MR) is 153 cm³/mol. The van der Waals surface area contributed by atoms with E-state index in [9.17, 15) is 14.7 Å². The largest absolute Gasteiger partial charge is 0.478 e. The average molecular weight is 532 g/mol.